The fraction of sp³-hybridized carbons (Fsp3) is 0.500. The van der Waals surface area contributed by atoms with E-state index in [2.05, 4.69) is 58.1 Å². The largest absolute Gasteiger partial charge is 0.377 e. The third-order valence-electron chi connectivity index (χ3n) is 4.43. The minimum atomic E-state index is 0.547. The molecular weight excluding hydrogens is 304 g/mol. The summed E-state index contributed by atoms with van der Waals surface area (Å²) in [7, 11) is 0. The Hall–Kier alpha value is -1.46. The number of nitrogens with zero attached hydrogens (tertiary/aromatic N) is 2. The highest BCUT2D eigenvalue weighted by molar-refractivity contribution is 7.99. The van der Waals surface area contributed by atoms with Crippen LogP contribution in [0.15, 0.2) is 34.9 Å². The number of benzene rings is 1. The lowest BCUT2D eigenvalue weighted by Crippen LogP contribution is -2.31. The molecule has 0 radical (unpaired) electrons. The number of rotatable bonds is 8. The van der Waals surface area contributed by atoms with E-state index < -0.39 is 0 Å². The number of nitrogens with one attached hydrogen (secondary N) is 1. The van der Waals surface area contributed by atoms with E-state index in [1.165, 1.54) is 55.6 Å². The van der Waals surface area contributed by atoms with E-state index in [1.54, 1.807) is 0 Å². The van der Waals surface area contributed by atoms with Crippen molar-refractivity contribution in [2.75, 3.05) is 17.8 Å². The molecule has 0 unspecified atom stereocenters. The number of aryl methyl sites for hydroxylation is 1. The van der Waals surface area contributed by atoms with Crippen molar-refractivity contribution in [2.45, 2.75) is 39.2 Å². The van der Waals surface area contributed by atoms with E-state index in [0.717, 1.165) is 18.0 Å². The maximum absolute atomic E-state index is 5.98. The molecule has 1 heterocycles. The second-order valence-electron chi connectivity index (χ2n) is 5.99. The van der Waals surface area contributed by atoms with Crippen LogP contribution in [0.2, 0.25) is 0 Å². The summed E-state index contributed by atoms with van der Waals surface area (Å²) in [4.78, 5) is 2.45. The highest BCUT2D eigenvalue weighted by Gasteiger charge is 2.18. The van der Waals surface area contributed by atoms with E-state index in [1.807, 2.05) is 0 Å². The zero-order valence-electron chi connectivity index (χ0n) is 14.0. The summed E-state index contributed by atoms with van der Waals surface area (Å²) in [5.74, 6) is 0.770. The standard InChI is InChI=1S/C18H28N4S/c1-3-11-22-12-5-6-15(14-22)9-10-16-7-4-8-18(17(16)13-19)21-23-20-2/h3-4,7-8,11,15,21H,2,5-6,9-10,12-14,19H2,1H3/b11-3+/t15-/m1/s1. The molecule has 1 aromatic carbocycles. The Kier molecular flexibility index (Phi) is 7.49. The summed E-state index contributed by atoms with van der Waals surface area (Å²) in [6.07, 6.45) is 9.29. The molecule has 0 amide bonds. The number of hydrogen-bond donors (Lipinski definition) is 2. The third-order valence-corrected chi connectivity index (χ3v) is 4.87. The Morgan fingerprint density at radius 3 is 3.13 bits per heavy atom. The van der Waals surface area contributed by atoms with E-state index in [4.69, 9.17) is 5.73 Å². The molecule has 23 heavy (non-hydrogen) atoms. The van der Waals surface area contributed by atoms with Gasteiger partial charge in [0.15, 0.2) is 0 Å². The molecule has 0 aromatic heterocycles. The van der Waals surface area contributed by atoms with Gasteiger partial charge in [-0.15, -0.1) is 0 Å². The number of anilines is 1. The molecule has 1 aliphatic heterocycles. The van der Waals surface area contributed by atoms with Crippen molar-refractivity contribution in [1.82, 2.24) is 4.90 Å². The highest BCUT2D eigenvalue weighted by atomic mass is 32.2. The fourth-order valence-electron chi connectivity index (χ4n) is 3.33. The van der Waals surface area contributed by atoms with Gasteiger partial charge in [0.1, 0.15) is 0 Å². The van der Waals surface area contributed by atoms with Gasteiger partial charge in [-0.3, -0.25) is 0 Å². The number of likely N-dealkylation sites (tertiary alicyclic amines) is 1. The summed E-state index contributed by atoms with van der Waals surface area (Å²) in [6.45, 7) is 8.49. The van der Waals surface area contributed by atoms with E-state index in [9.17, 15) is 0 Å². The van der Waals surface area contributed by atoms with Crippen LogP contribution in [0.5, 0.6) is 0 Å². The Balaban J connectivity index is 1.98. The molecule has 3 N–H and O–H groups in total. The van der Waals surface area contributed by atoms with Crippen LogP contribution in [0, 0.1) is 5.92 Å². The van der Waals surface area contributed by atoms with Gasteiger partial charge < -0.3 is 15.4 Å². The maximum atomic E-state index is 5.98. The van der Waals surface area contributed by atoms with Gasteiger partial charge in [-0.05, 0) is 61.9 Å². The lowest BCUT2D eigenvalue weighted by atomic mass is 9.90. The van der Waals surface area contributed by atoms with Gasteiger partial charge in [-0.25, -0.2) is 4.40 Å². The summed E-state index contributed by atoms with van der Waals surface area (Å²) in [5.41, 5.74) is 9.59. The molecule has 4 nitrogen and oxygen atoms in total. The lowest BCUT2D eigenvalue weighted by molar-refractivity contribution is 0.225. The Labute approximate surface area is 144 Å². The van der Waals surface area contributed by atoms with Crippen LogP contribution in [0.4, 0.5) is 5.69 Å². The van der Waals surface area contributed by atoms with Crippen LogP contribution in [-0.2, 0) is 13.0 Å². The van der Waals surface area contributed by atoms with Crippen molar-refractivity contribution in [3.05, 3.63) is 41.6 Å². The molecule has 0 aliphatic carbocycles. The average molecular weight is 333 g/mol. The van der Waals surface area contributed by atoms with Crippen molar-refractivity contribution in [3.8, 4) is 0 Å². The van der Waals surface area contributed by atoms with Gasteiger partial charge in [0.2, 0.25) is 0 Å². The first-order valence-electron chi connectivity index (χ1n) is 8.34. The molecule has 1 aliphatic rings. The quantitative estimate of drug-likeness (QED) is 0.558. The van der Waals surface area contributed by atoms with Crippen LogP contribution in [-0.4, -0.2) is 24.7 Å². The molecule has 1 saturated heterocycles. The molecule has 1 fully saturated rings. The second kappa shape index (κ2) is 9.63. The van der Waals surface area contributed by atoms with Crippen molar-refractivity contribution >= 4 is 24.5 Å². The molecule has 0 saturated carbocycles. The van der Waals surface area contributed by atoms with Gasteiger partial charge in [0.25, 0.3) is 0 Å². The monoisotopic (exact) mass is 332 g/mol. The summed E-state index contributed by atoms with van der Waals surface area (Å²) < 4.78 is 6.99. The average Bonchev–Trinajstić information content (AvgIpc) is 2.58. The van der Waals surface area contributed by atoms with E-state index >= 15 is 0 Å². The van der Waals surface area contributed by atoms with Crippen molar-refractivity contribution < 1.29 is 0 Å². The Morgan fingerprint density at radius 1 is 1.52 bits per heavy atom. The molecule has 2 rings (SSSR count). The highest BCUT2D eigenvalue weighted by Crippen LogP contribution is 2.27. The summed E-state index contributed by atoms with van der Waals surface area (Å²) >= 11 is 1.25. The summed E-state index contributed by atoms with van der Waals surface area (Å²) in [5, 5.41) is 0. The molecule has 1 aromatic rings. The molecular formula is C18H28N4S. The molecule has 1 atom stereocenters. The van der Waals surface area contributed by atoms with Crippen LogP contribution in [0.1, 0.15) is 37.3 Å². The predicted molar refractivity (Wildman–Crippen MR) is 103 cm³/mol. The first-order chi connectivity index (χ1) is 11.3. The number of allylic oxidation sites excluding steroid dienone is 1. The third kappa shape index (κ3) is 5.29. The van der Waals surface area contributed by atoms with Crippen molar-refractivity contribution in [1.29, 1.82) is 0 Å². The Bertz CT molecular complexity index is 530. The Morgan fingerprint density at radius 2 is 2.39 bits per heavy atom. The minimum absolute atomic E-state index is 0.547. The van der Waals surface area contributed by atoms with Gasteiger partial charge in [0.05, 0.1) is 17.8 Å². The molecule has 0 spiro atoms. The van der Waals surface area contributed by atoms with Crippen molar-refractivity contribution in [2.24, 2.45) is 16.0 Å². The van der Waals surface area contributed by atoms with Gasteiger partial charge in [0, 0.05) is 26.4 Å². The summed E-state index contributed by atoms with van der Waals surface area (Å²) in [6, 6.07) is 6.34. The molecule has 126 valence electrons. The molecule has 0 bridgehead atoms. The zero-order valence-corrected chi connectivity index (χ0v) is 14.8. The number of piperidine rings is 1. The molecule has 5 heteroatoms. The minimum Gasteiger partial charge on any atom is -0.377 e. The van der Waals surface area contributed by atoms with E-state index in [-0.39, 0.29) is 0 Å². The smallest absolute Gasteiger partial charge is 0.0894 e. The van der Waals surface area contributed by atoms with E-state index in [0.29, 0.717) is 6.54 Å². The normalized spacial score (nSPS) is 18.3. The van der Waals surface area contributed by atoms with Gasteiger partial charge in [-0.1, -0.05) is 18.2 Å². The second-order valence-corrected chi connectivity index (χ2v) is 6.64. The first-order valence-corrected chi connectivity index (χ1v) is 9.11. The maximum Gasteiger partial charge on any atom is 0.0894 e. The van der Waals surface area contributed by atoms with Crippen LogP contribution >= 0.6 is 12.1 Å². The SMILES string of the molecule is C=NSNc1cccc(CC[C@H]2CCCN(/C=C/C)C2)c1CN. The predicted octanol–water partition coefficient (Wildman–Crippen LogP) is 4.00. The lowest BCUT2D eigenvalue weighted by Gasteiger charge is -2.32. The van der Waals surface area contributed by atoms with Crippen LogP contribution in [0.25, 0.3) is 0 Å². The first kappa shape index (κ1) is 17.9. The van der Waals surface area contributed by atoms with Gasteiger partial charge in [-0.2, -0.15) is 0 Å². The van der Waals surface area contributed by atoms with Crippen LogP contribution in [0.3, 0.4) is 0 Å². The number of nitrogens with two attached hydrogens (primary N) is 1. The van der Waals surface area contributed by atoms with Crippen LogP contribution < -0.4 is 10.5 Å². The number of hydrogen-bond acceptors (Lipinski definition) is 5. The van der Waals surface area contributed by atoms with Crippen molar-refractivity contribution in [3.63, 3.8) is 0 Å². The topological polar surface area (TPSA) is 53.7 Å². The van der Waals surface area contributed by atoms with Gasteiger partial charge >= 0.3 is 0 Å². The fourth-order valence-corrected chi connectivity index (χ4v) is 3.68. The zero-order chi connectivity index (χ0) is 16.5.